The number of fused-ring (bicyclic) bond motifs is 1. The first kappa shape index (κ1) is 8.47. The molecule has 2 heterocycles. The Bertz CT molecular complexity index is 384. The zero-order chi connectivity index (χ0) is 8.55. The van der Waals surface area contributed by atoms with Gasteiger partial charge in [0, 0.05) is 0 Å². The molecular weight excluding hydrogens is 137 g/mol. The number of hydrogen-bond acceptors (Lipinski definition) is 0. The normalized spacial score (nSPS) is 8.50. The summed E-state index contributed by atoms with van der Waals surface area (Å²) in [5.41, 5.74) is 0. The van der Waals surface area contributed by atoms with Crippen molar-refractivity contribution in [3.05, 3.63) is 10.7 Å². The van der Waals surface area contributed by atoms with Crippen molar-refractivity contribution in [2.75, 3.05) is 0 Å². The van der Waals surface area contributed by atoms with Crippen molar-refractivity contribution in [2.24, 2.45) is 0 Å². The summed E-state index contributed by atoms with van der Waals surface area (Å²) in [5, 5.41) is 5.32. The van der Waals surface area contributed by atoms with Crippen LogP contribution < -0.4 is 0 Å². The van der Waals surface area contributed by atoms with Crippen molar-refractivity contribution in [1.29, 1.82) is 0 Å². The molecule has 12 heavy (non-hydrogen) atoms. The quantitative estimate of drug-likeness (QED) is 0.465. The molecule has 0 nitrogen and oxygen atoms in total. The predicted octanol–water partition coefficient (Wildman–Crippen LogP) is -0.515. The minimum absolute atomic E-state index is 1.33. The van der Waals surface area contributed by atoms with E-state index in [0.29, 0.717) is 0 Å². The van der Waals surface area contributed by atoms with Crippen LogP contribution in [-0.4, -0.2) is 41.0 Å². The molecule has 0 N–H and O–H groups in total. The molecule has 0 atom stereocenters. The van der Waals surface area contributed by atoms with Crippen molar-refractivity contribution in [1.82, 2.24) is 0 Å². The van der Waals surface area contributed by atoms with Crippen LogP contribution in [0.2, 0.25) is 0 Å². The molecule has 0 spiro atoms. The summed E-state index contributed by atoms with van der Waals surface area (Å²) >= 11 is 0. The third kappa shape index (κ3) is 1.62. The van der Waals surface area contributed by atoms with Gasteiger partial charge in [0.2, 0.25) is 0 Å². The Labute approximate surface area is 76.4 Å². The molecule has 0 amide bonds. The summed E-state index contributed by atoms with van der Waals surface area (Å²) in [6.07, 6.45) is 0. The van der Waals surface area contributed by atoms with E-state index in [2.05, 4.69) is 54.9 Å². The molecule has 0 aliphatic rings. The standard InChI is InChI=1S/C6H6B6/c1-3-7-5-6(11-9-3)8-4(2)10-12-5/h1-2H3. The van der Waals surface area contributed by atoms with Crippen molar-refractivity contribution in [3.63, 3.8) is 0 Å². The van der Waals surface area contributed by atoms with Crippen LogP contribution in [0.4, 0.5) is 0 Å². The van der Waals surface area contributed by atoms with Crippen molar-refractivity contribution in [3.8, 4) is 0 Å². The Morgan fingerprint density at radius 1 is 0.667 bits per heavy atom. The Hall–Kier alpha value is -0.130. The molecule has 2 aromatic heterocycles. The van der Waals surface area contributed by atoms with Gasteiger partial charge in [-0.3, -0.25) is 0 Å². The van der Waals surface area contributed by atoms with E-state index in [0.717, 1.165) is 0 Å². The van der Waals surface area contributed by atoms with Gasteiger partial charge in [0.05, 0.1) is 0 Å². The minimum atomic E-state index is 1.33. The van der Waals surface area contributed by atoms with Gasteiger partial charge < -0.3 is 0 Å². The first-order valence-corrected chi connectivity index (χ1v) is 4.23. The maximum atomic E-state index is 2.22. The summed E-state index contributed by atoms with van der Waals surface area (Å²) in [4.78, 5) is 0. The van der Waals surface area contributed by atoms with Crippen molar-refractivity contribution < 1.29 is 0 Å². The van der Waals surface area contributed by atoms with E-state index >= 15 is 0 Å². The van der Waals surface area contributed by atoms with Crippen LogP contribution >= 0.6 is 0 Å². The average molecular weight is 143 g/mol. The Kier molecular flexibility index (Phi) is 2.34. The van der Waals surface area contributed by atoms with Gasteiger partial charge in [-0.25, -0.2) is 0 Å². The van der Waals surface area contributed by atoms with Gasteiger partial charge >= 0.3 is 75.9 Å². The Morgan fingerprint density at radius 2 is 1.08 bits per heavy atom. The third-order valence-electron chi connectivity index (χ3n) is 2.15. The van der Waals surface area contributed by atoms with Crippen LogP contribution in [0.5, 0.6) is 0 Å². The fourth-order valence-corrected chi connectivity index (χ4v) is 1.48. The summed E-state index contributed by atoms with van der Waals surface area (Å²) < 4.78 is 0. The second-order valence-electron chi connectivity index (χ2n) is 3.35. The summed E-state index contributed by atoms with van der Waals surface area (Å²) in [6, 6.07) is 0. The zero-order valence-corrected chi connectivity index (χ0v) is 7.46. The fourth-order valence-electron chi connectivity index (χ4n) is 1.48. The van der Waals surface area contributed by atoms with Crippen LogP contribution in [0.15, 0.2) is 0 Å². The maximum absolute atomic E-state index is 2.22. The van der Waals surface area contributed by atoms with Crippen LogP contribution in [0.3, 0.4) is 0 Å². The summed E-state index contributed by atoms with van der Waals surface area (Å²) in [6.45, 7) is 17.3. The van der Waals surface area contributed by atoms with Crippen molar-refractivity contribution in [2.45, 2.75) is 13.8 Å². The van der Waals surface area contributed by atoms with Crippen LogP contribution in [0.25, 0.3) is 10.4 Å². The molecule has 48 valence electrons. The molecule has 0 fully saturated rings. The van der Waals surface area contributed by atoms with E-state index in [9.17, 15) is 0 Å². The van der Waals surface area contributed by atoms with Gasteiger partial charge in [0.1, 0.15) is 0 Å². The van der Waals surface area contributed by atoms with Gasteiger partial charge in [-0.05, 0) is 0 Å². The third-order valence-corrected chi connectivity index (χ3v) is 2.15. The summed E-state index contributed by atoms with van der Waals surface area (Å²) in [5.74, 6) is 0. The van der Waals surface area contributed by atoms with E-state index < -0.39 is 0 Å². The van der Waals surface area contributed by atoms with E-state index in [1.807, 2.05) is 0 Å². The molecule has 2 rings (SSSR count). The topological polar surface area (TPSA) is 0 Å². The molecule has 0 unspecified atom stereocenters. The van der Waals surface area contributed by atoms with E-state index in [-0.39, 0.29) is 0 Å². The molecule has 0 aliphatic heterocycles. The fraction of sp³-hybridized carbons (Fsp3) is 0.333. The summed E-state index contributed by atoms with van der Waals surface area (Å²) in [7, 11) is 0. The van der Waals surface area contributed by atoms with Crippen molar-refractivity contribution >= 4 is 51.4 Å². The number of rotatable bonds is 0. The van der Waals surface area contributed by atoms with E-state index in [4.69, 9.17) is 0 Å². The molecule has 0 aliphatic carbocycles. The first-order chi connectivity index (χ1) is 5.75. The van der Waals surface area contributed by atoms with Gasteiger partial charge in [0.15, 0.2) is 0 Å². The molecule has 2 aromatic rings. The molecule has 0 aromatic carbocycles. The number of hydrogen-bond donors (Lipinski definition) is 0. The van der Waals surface area contributed by atoms with Gasteiger partial charge in [-0.1, -0.05) is 0 Å². The van der Waals surface area contributed by atoms with Gasteiger partial charge in [-0.15, -0.1) is 0 Å². The van der Waals surface area contributed by atoms with Gasteiger partial charge in [0.25, 0.3) is 0 Å². The molecule has 0 saturated carbocycles. The van der Waals surface area contributed by atoms with Crippen LogP contribution in [0, 0.1) is 13.8 Å². The molecule has 6 heteroatoms. The van der Waals surface area contributed by atoms with Crippen LogP contribution in [-0.2, 0) is 0 Å². The monoisotopic (exact) mass is 144 g/mol. The second-order valence-corrected chi connectivity index (χ2v) is 3.35. The molecule has 0 radical (unpaired) electrons. The molecule has 0 saturated heterocycles. The van der Waals surface area contributed by atoms with Gasteiger partial charge in [-0.2, -0.15) is 0 Å². The Morgan fingerprint density at radius 3 is 1.50 bits per heavy atom. The Balaban J connectivity index is 2.79. The number of aryl methyl sites for hydroxylation is 2. The van der Waals surface area contributed by atoms with Crippen LogP contribution in [0.1, 0.15) is 10.7 Å². The first-order valence-electron chi connectivity index (χ1n) is 4.23. The molecular formula is C6H6B6. The zero-order valence-electron chi connectivity index (χ0n) is 7.46. The SMILES string of the molecule is Cc1bbc2bc(C)bbc2b1. The van der Waals surface area contributed by atoms with E-state index in [1.54, 1.807) is 0 Å². The van der Waals surface area contributed by atoms with E-state index in [1.165, 1.54) is 21.1 Å². The average Bonchev–Trinajstić information content (AvgIpc) is 2.05. The predicted molar refractivity (Wildman–Crippen MR) is 61.5 cm³/mol. The molecule has 0 bridgehead atoms. The second kappa shape index (κ2) is 3.32.